The summed E-state index contributed by atoms with van der Waals surface area (Å²) >= 11 is 4.95. The van der Waals surface area contributed by atoms with Crippen LogP contribution in [-0.4, -0.2) is 27.2 Å². The molecule has 0 aromatic carbocycles. The minimum Gasteiger partial charge on any atom is -0.389 e. The van der Waals surface area contributed by atoms with Gasteiger partial charge in [0.2, 0.25) is 5.91 Å². The van der Waals surface area contributed by atoms with Crippen LogP contribution in [0.3, 0.4) is 0 Å². The molecule has 1 aromatic rings. The molecule has 0 bridgehead atoms. The zero-order valence-electron chi connectivity index (χ0n) is 9.28. The van der Waals surface area contributed by atoms with Crippen molar-refractivity contribution in [3.8, 4) is 0 Å². The van der Waals surface area contributed by atoms with Crippen molar-refractivity contribution in [1.82, 2.24) is 9.78 Å². The molecule has 0 aliphatic rings. The first kappa shape index (κ1) is 12.4. The van der Waals surface area contributed by atoms with Gasteiger partial charge in [0.05, 0.1) is 11.3 Å². The van der Waals surface area contributed by atoms with Crippen molar-refractivity contribution < 1.29 is 4.79 Å². The first-order valence-electron chi connectivity index (χ1n) is 4.79. The first-order valence-corrected chi connectivity index (χ1v) is 5.20. The van der Waals surface area contributed by atoms with Gasteiger partial charge in [-0.3, -0.25) is 9.48 Å². The van der Waals surface area contributed by atoms with E-state index in [-0.39, 0.29) is 17.3 Å². The van der Waals surface area contributed by atoms with Gasteiger partial charge in [0.1, 0.15) is 10.8 Å². The maximum atomic E-state index is 10.6. The second kappa shape index (κ2) is 4.93. The number of rotatable bonds is 5. The Balaban J connectivity index is 2.86. The zero-order chi connectivity index (χ0) is 12.3. The summed E-state index contributed by atoms with van der Waals surface area (Å²) in [5, 5.41) is 7.25. The van der Waals surface area contributed by atoms with Gasteiger partial charge in [-0.1, -0.05) is 12.2 Å². The van der Waals surface area contributed by atoms with Crippen LogP contribution in [0.5, 0.6) is 0 Å². The SMILES string of the molecule is Cc1nn(C)c(NCCC(N)=O)c1C(N)=S. The Hall–Kier alpha value is -1.63. The van der Waals surface area contributed by atoms with E-state index in [1.54, 1.807) is 11.7 Å². The number of nitrogens with zero attached hydrogens (tertiary/aromatic N) is 2. The van der Waals surface area contributed by atoms with Crippen molar-refractivity contribution in [3.63, 3.8) is 0 Å². The van der Waals surface area contributed by atoms with Crippen LogP contribution in [0.2, 0.25) is 0 Å². The fourth-order valence-electron chi connectivity index (χ4n) is 1.46. The van der Waals surface area contributed by atoms with Crippen LogP contribution in [0.15, 0.2) is 0 Å². The van der Waals surface area contributed by atoms with Crippen LogP contribution in [0.1, 0.15) is 17.7 Å². The van der Waals surface area contributed by atoms with Gasteiger partial charge < -0.3 is 16.8 Å². The standard InChI is InChI=1S/C9H15N5OS/c1-5-7(8(11)16)9(14(2)13-5)12-4-3-6(10)15/h12H,3-4H2,1-2H3,(H2,10,15)(H2,11,16). The lowest BCUT2D eigenvalue weighted by Crippen LogP contribution is -2.19. The molecule has 0 unspecified atom stereocenters. The van der Waals surface area contributed by atoms with Crippen LogP contribution in [0.4, 0.5) is 5.82 Å². The summed E-state index contributed by atoms with van der Waals surface area (Å²) in [5.74, 6) is 0.356. The summed E-state index contributed by atoms with van der Waals surface area (Å²) in [6.45, 7) is 2.26. The van der Waals surface area contributed by atoms with Crippen molar-refractivity contribution in [1.29, 1.82) is 0 Å². The lowest BCUT2D eigenvalue weighted by Gasteiger charge is -2.07. The number of nitrogens with one attached hydrogen (secondary N) is 1. The Morgan fingerprint density at radius 2 is 2.19 bits per heavy atom. The molecule has 1 amide bonds. The lowest BCUT2D eigenvalue weighted by atomic mass is 10.2. The van der Waals surface area contributed by atoms with E-state index in [0.29, 0.717) is 17.9 Å². The molecule has 0 radical (unpaired) electrons. The van der Waals surface area contributed by atoms with E-state index in [2.05, 4.69) is 10.4 Å². The van der Waals surface area contributed by atoms with Crippen molar-refractivity contribution in [2.75, 3.05) is 11.9 Å². The van der Waals surface area contributed by atoms with Gasteiger partial charge in [0, 0.05) is 20.0 Å². The van der Waals surface area contributed by atoms with Crippen LogP contribution in [0.25, 0.3) is 0 Å². The molecule has 0 saturated heterocycles. The van der Waals surface area contributed by atoms with Crippen molar-refractivity contribution in [3.05, 3.63) is 11.3 Å². The van der Waals surface area contributed by atoms with E-state index in [1.165, 1.54) is 0 Å². The third-order valence-electron chi connectivity index (χ3n) is 2.13. The molecule has 5 N–H and O–H groups in total. The predicted molar refractivity (Wildman–Crippen MR) is 66.1 cm³/mol. The minimum absolute atomic E-state index is 0.251. The predicted octanol–water partition coefficient (Wildman–Crippen LogP) is -0.350. The second-order valence-electron chi connectivity index (χ2n) is 3.44. The van der Waals surface area contributed by atoms with E-state index >= 15 is 0 Å². The van der Waals surface area contributed by atoms with Gasteiger partial charge in [0.15, 0.2) is 0 Å². The molecule has 16 heavy (non-hydrogen) atoms. The average molecular weight is 241 g/mol. The van der Waals surface area contributed by atoms with Gasteiger partial charge in [0.25, 0.3) is 0 Å². The minimum atomic E-state index is -0.358. The normalized spacial score (nSPS) is 10.1. The topological polar surface area (TPSA) is 99.0 Å². The highest BCUT2D eigenvalue weighted by Crippen LogP contribution is 2.18. The van der Waals surface area contributed by atoms with Crippen LogP contribution >= 0.6 is 12.2 Å². The number of hydrogen-bond acceptors (Lipinski definition) is 4. The average Bonchev–Trinajstić information content (AvgIpc) is 2.40. The molecule has 0 atom stereocenters. The first-order chi connectivity index (χ1) is 7.43. The van der Waals surface area contributed by atoms with Gasteiger partial charge in [-0.15, -0.1) is 0 Å². The zero-order valence-corrected chi connectivity index (χ0v) is 10.1. The molecule has 0 saturated carbocycles. The van der Waals surface area contributed by atoms with Crippen LogP contribution in [0, 0.1) is 6.92 Å². The number of carbonyl (C=O) groups is 1. The number of carbonyl (C=O) groups excluding carboxylic acids is 1. The van der Waals surface area contributed by atoms with Gasteiger partial charge in [-0.2, -0.15) is 5.10 Å². The van der Waals surface area contributed by atoms with E-state index in [0.717, 1.165) is 5.69 Å². The highest BCUT2D eigenvalue weighted by molar-refractivity contribution is 7.80. The third kappa shape index (κ3) is 2.69. The van der Waals surface area contributed by atoms with Crippen LogP contribution in [-0.2, 0) is 11.8 Å². The number of thiocarbonyl (C=S) groups is 1. The third-order valence-corrected chi connectivity index (χ3v) is 2.34. The smallest absolute Gasteiger partial charge is 0.219 e. The quantitative estimate of drug-likeness (QED) is 0.612. The van der Waals surface area contributed by atoms with Gasteiger partial charge in [-0.25, -0.2) is 0 Å². The van der Waals surface area contributed by atoms with Gasteiger partial charge in [-0.05, 0) is 6.92 Å². The fraction of sp³-hybridized carbons (Fsp3) is 0.444. The maximum Gasteiger partial charge on any atom is 0.219 e. The van der Waals surface area contributed by atoms with Crippen LogP contribution < -0.4 is 16.8 Å². The monoisotopic (exact) mass is 241 g/mol. The Morgan fingerprint density at radius 3 is 2.69 bits per heavy atom. The van der Waals surface area contributed by atoms with E-state index in [9.17, 15) is 4.79 Å². The molecule has 0 spiro atoms. The molecule has 7 heteroatoms. The number of aryl methyl sites for hydroxylation is 2. The summed E-state index contributed by atoms with van der Waals surface area (Å²) < 4.78 is 1.64. The van der Waals surface area contributed by atoms with Gasteiger partial charge >= 0.3 is 0 Å². The van der Waals surface area contributed by atoms with Crippen molar-refractivity contribution in [2.24, 2.45) is 18.5 Å². The molecule has 6 nitrogen and oxygen atoms in total. The highest BCUT2D eigenvalue weighted by Gasteiger charge is 2.14. The number of aromatic nitrogens is 2. The summed E-state index contributed by atoms with van der Waals surface area (Å²) in [4.78, 5) is 10.9. The Bertz CT molecular complexity index is 426. The molecule has 88 valence electrons. The van der Waals surface area contributed by atoms with E-state index in [1.807, 2.05) is 6.92 Å². The molecular weight excluding hydrogens is 226 g/mol. The summed E-state index contributed by atoms with van der Waals surface area (Å²) in [5.41, 5.74) is 12.1. The molecule has 1 heterocycles. The number of anilines is 1. The fourth-order valence-corrected chi connectivity index (χ4v) is 1.70. The maximum absolute atomic E-state index is 10.6. The molecule has 1 rings (SSSR count). The highest BCUT2D eigenvalue weighted by atomic mass is 32.1. The number of hydrogen-bond donors (Lipinski definition) is 3. The Labute approximate surface area is 99.0 Å². The number of primary amides is 1. The Kier molecular flexibility index (Phi) is 3.83. The largest absolute Gasteiger partial charge is 0.389 e. The molecule has 0 fully saturated rings. The number of amides is 1. The lowest BCUT2D eigenvalue weighted by molar-refractivity contribution is -0.117. The molecule has 0 aliphatic carbocycles. The molecular formula is C9H15N5OS. The molecule has 1 aromatic heterocycles. The number of nitrogens with two attached hydrogens (primary N) is 2. The van der Waals surface area contributed by atoms with Crippen molar-refractivity contribution in [2.45, 2.75) is 13.3 Å². The Morgan fingerprint density at radius 1 is 1.56 bits per heavy atom. The van der Waals surface area contributed by atoms with E-state index < -0.39 is 0 Å². The summed E-state index contributed by atoms with van der Waals surface area (Å²) in [6.07, 6.45) is 0.251. The second-order valence-corrected chi connectivity index (χ2v) is 3.88. The summed E-state index contributed by atoms with van der Waals surface area (Å²) in [7, 11) is 1.78. The molecule has 0 aliphatic heterocycles. The summed E-state index contributed by atoms with van der Waals surface area (Å²) in [6, 6.07) is 0. The van der Waals surface area contributed by atoms with Crippen molar-refractivity contribution >= 4 is 28.9 Å². The van der Waals surface area contributed by atoms with E-state index in [4.69, 9.17) is 23.7 Å².